The fraction of sp³-hybridized carbons (Fsp3) is 0.750. The molecule has 0 spiro atoms. The van der Waals surface area contributed by atoms with Gasteiger partial charge in [0, 0.05) is 40.3 Å². The van der Waals surface area contributed by atoms with E-state index in [1.807, 2.05) is 11.7 Å². The molecule has 0 amide bonds. The van der Waals surface area contributed by atoms with Crippen molar-refractivity contribution in [1.29, 1.82) is 0 Å². The van der Waals surface area contributed by atoms with Gasteiger partial charge in [-0.1, -0.05) is 6.92 Å². The number of hydrogen-bond donors (Lipinski definition) is 2. The number of methoxy groups -OCH3 is 1. The molecule has 98 valence electrons. The van der Waals surface area contributed by atoms with Gasteiger partial charge in [-0.25, -0.2) is 0 Å². The van der Waals surface area contributed by atoms with Crippen LogP contribution in [0.15, 0.2) is 6.07 Å². The first kappa shape index (κ1) is 14.2. The SMILES string of the molecule is CCc1cc(CNCCNCCOC)n(C)n1. The summed E-state index contributed by atoms with van der Waals surface area (Å²) in [5, 5.41) is 11.1. The summed E-state index contributed by atoms with van der Waals surface area (Å²) in [4.78, 5) is 0. The van der Waals surface area contributed by atoms with E-state index < -0.39 is 0 Å². The lowest BCUT2D eigenvalue weighted by Gasteiger charge is -2.06. The Balaban J connectivity index is 2.11. The molecule has 0 aromatic carbocycles. The average Bonchev–Trinajstić information content (AvgIpc) is 2.69. The summed E-state index contributed by atoms with van der Waals surface area (Å²) in [7, 11) is 3.71. The molecule has 5 heteroatoms. The molecule has 0 aliphatic heterocycles. The molecule has 17 heavy (non-hydrogen) atoms. The summed E-state index contributed by atoms with van der Waals surface area (Å²) in [5.74, 6) is 0. The highest BCUT2D eigenvalue weighted by atomic mass is 16.5. The molecule has 0 atom stereocenters. The van der Waals surface area contributed by atoms with Gasteiger partial charge >= 0.3 is 0 Å². The van der Waals surface area contributed by atoms with Gasteiger partial charge in [-0.05, 0) is 12.5 Å². The van der Waals surface area contributed by atoms with E-state index in [1.54, 1.807) is 7.11 Å². The van der Waals surface area contributed by atoms with Gasteiger partial charge in [-0.2, -0.15) is 5.10 Å². The Morgan fingerprint density at radius 3 is 2.71 bits per heavy atom. The third-order valence-electron chi connectivity index (χ3n) is 2.66. The Kier molecular flexibility index (Phi) is 6.84. The van der Waals surface area contributed by atoms with Crippen LogP contribution in [0.25, 0.3) is 0 Å². The highest BCUT2D eigenvalue weighted by molar-refractivity contribution is 5.09. The lowest BCUT2D eigenvalue weighted by Crippen LogP contribution is -2.29. The van der Waals surface area contributed by atoms with Gasteiger partial charge in [-0.3, -0.25) is 4.68 Å². The molecule has 0 aliphatic rings. The molecule has 0 unspecified atom stereocenters. The average molecular weight is 240 g/mol. The van der Waals surface area contributed by atoms with Gasteiger partial charge < -0.3 is 15.4 Å². The zero-order chi connectivity index (χ0) is 12.5. The summed E-state index contributed by atoms with van der Waals surface area (Å²) in [5.41, 5.74) is 2.39. The molecule has 1 rings (SSSR count). The number of hydrogen-bond acceptors (Lipinski definition) is 4. The maximum atomic E-state index is 4.95. The molecule has 0 radical (unpaired) electrons. The van der Waals surface area contributed by atoms with Gasteiger partial charge in [0.1, 0.15) is 0 Å². The standard InChI is InChI=1S/C12H24N4O/c1-4-11-9-12(16(2)15-11)10-14-6-5-13-7-8-17-3/h9,13-14H,4-8,10H2,1-3H3. The van der Waals surface area contributed by atoms with Gasteiger partial charge in [-0.15, -0.1) is 0 Å². The smallest absolute Gasteiger partial charge is 0.0625 e. The summed E-state index contributed by atoms with van der Waals surface area (Å²) < 4.78 is 6.90. The van der Waals surface area contributed by atoms with Crippen molar-refractivity contribution in [2.45, 2.75) is 19.9 Å². The molecule has 5 nitrogen and oxygen atoms in total. The predicted octanol–water partition coefficient (Wildman–Crippen LogP) is 0.308. The maximum Gasteiger partial charge on any atom is 0.0625 e. The van der Waals surface area contributed by atoms with E-state index in [2.05, 4.69) is 28.7 Å². The van der Waals surface area contributed by atoms with Crippen LogP contribution in [-0.4, -0.2) is 43.1 Å². The number of rotatable bonds is 9. The highest BCUT2D eigenvalue weighted by Crippen LogP contribution is 2.02. The Bertz CT molecular complexity index is 311. The fourth-order valence-corrected chi connectivity index (χ4v) is 1.60. The van der Waals surface area contributed by atoms with E-state index in [-0.39, 0.29) is 0 Å². The molecular formula is C12H24N4O. The first-order valence-corrected chi connectivity index (χ1v) is 6.20. The second-order valence-electron chi connectivity index (χ2n) is 4.02. The van der Waals surface area contributed by atoms with Crippen LogP contribution in [0.2, 0.25) is 0 Å². The Labute approximate surface area is 104 Å². The molecule has 0 saturated heterocycles. The summed E-state index contributed by atoms with van der Waals surface area (Å²) >= 11 is 0. The van der Waals surface area contributed by atoms with E-state index in [4.69, 9.17) is 4.74 Å². The monoisotopic (exact) mass is 240 g/mol. The van der Waals surface area contributed by atoms with Gasteiger partial charge in [0.25, 0.3) is 0 Å². The lowest BCUT2D eigenvalue weighted by atomic mass is 10.3. The van der Waals surface area contributed by atoms with E-state index in [0.29, 0.717) is 0 Å². The molecule has 2 N–H and O–H groups in total. The molecular weight excluding hydrogens is 216 g/mol. The van der Waals surface area contributed by atoms with E-state index >= 15 is 0 Å². The number of ether oxygens (including phenoxy) is 1. The highest BCUT2D eigenvalue weighted by Gasteiger charge is 2.02. The van der Waals surface area contributed by atoms with Crippen LogP contribution in [0.4, 0.5) is 0 Å². The summed E-state index contributed by atoms with van der Waals surface area (Å²) in [6.45, 7) is 6.58. The largest absolute Gasteiger partial charge is 0.383 e. The molecule has 0 bridgehead atoms. The van der Waals surface area contributed by atoms with Gasteiger partial charge in [0.05, 0.1) is 18.0 Å². The zero-order valence-corrected chi connectivity index (χ0v) is 11.1. The van der Waals surface area contributed by atoms with E-state index in [9.17, 15) is 0 Å². The number of aryl methyl sites for hydroxylation is 2. The molecule has 0 fully saturated rings. The van der Waals surface area contributed by atoms with Gasteiger partial charge in [0.2, 0.25) is 0 Å². The first-order chi connectivity index (χ1) is 8.27. The van der Waals surface area contributed by atoms with Crippen LogP contribution >= 0.6 is 0 Å². The molecule has 1 aromatic heterocycles. The first-order valence-electron chi connectivity index (χ1n) is 6.20. The van der Waals surface area contributed by atoms with Crippen molar-refractivity contribution in [3.05, 3.63) is 17.5 Å². The lowest BCUT2D eigenvalue weighted by molar-refractivity contribution is 0.199. The van der Waals surface area contributed by atoms with Crippen LogP contribution in [0, 0.1) is 0 Å². The second kappa shape index (κ2) is 8.22. The fourth-order valence-electron chi connectivity index (χ4n) is 1.60. The third-order valence-corrected chi connectivity index (χ3v) is 2.66. The van der Waals surface area contributed by atoms with Crippen LogP contribution < -0.4 is 10.6 Å². The number of nitrogens with zero attached hydrogens (tertiary/aromatic N) is 2. The minimum Gasteiger partial charge on any atom is -0.383 e. The normalized spacial score (nSPS) is 11.0. The minimum atomic E-state index is 0.765. The number of aromatic nitrogens is 2. The zero-order valence-electron chi connectivity index (χ0n) is 11.1. The van der Waals surface area contributed by atoms with E-state index in [1.165, 1.54) is 5.69 Å². The van der Waals surface area contributed by atoms with Crippen LogP contribution in [-0.2, 0) is 24.8 Å². The van der Waals surface area contributed by atoms with Crippen molar-refractivity contribution >= 4 is 0 Å². The second-order valence-corrected chi connectivity index (χ2v) is 4.02. The van der Waals surface area contributed by atoms with E-state index in [0.717, 1.165) is 44.9 Å². The van der Waals surface area contributed by atoms with Crippen LogP contribution in [0.5, 0.6) is 0 Å². The third kappa shape index (κ3) is 5.30. The Morgan fingerprint density at radius 1 is 1.29 bits per heavy atom. The molecule has 1 heterocycles. The van der Waals surface area contributed by atoms with Crippen molar-refractivity contribution in [1.82, 2.24) is 20.4 Å². The van der Waals surface area contributed by atoms with Crippen LogP contribution in [0.1, 0.15) is 18.3 Å². The van der Waals surface area contributed by atoms with Crippen molar-refractivity contribution in [3.63, 3.8) is 0 Å². The topological polar surface area (TPSA) is 51.1 Å². The van der Waals surface area contributed by atoms with Crippen molar-refractivity contribution in [2.75, 3.05) is 33.4 Å². The van der Waals surface area contributed by atoms with Crippen molar-refractivity contribution in [2.24, 2.45) is 7.05 Å². The Hall–Kier alpha value is -0.910. The number of nitrogens with one attached hydrogen (secondary N) is 2. The summed E-state index contributed by atoms with van der Waals surface area (Å²) in [6, 6.07) is 2.16. The molecule has 0 aliphatic carbocycles. The van der Waals surface area contributed by atoms with Gasteiger partial charge in [0.15, 0.2) is 0 Å². The quantitative estimate of drug-likeness (QED) is 0.610. The molecule has 1 aromatic rings. The summed E-state index contributed by atoms with van der Waals surface area (Å²) in [6.07, 6.45) is 0.992. The maximum absolute atomic E-state index is 4.95. The molecule has 0 saturated carbocycles. The van der Waals surface area contributed by atoms with Crippen molar-refractivity contribution < 1.29 is 4.74 Å². The van der Waals surface area contributed by atoms with Crippen molar-refractivity contribution in [3.8, 4) is 0 Å². The minimum absolute atomic E-state index is 0.765. The Morgan fingerprint density at radius 2 is 2.06 bits per heavy atom. The van der Waals surface area contributed by atoms with Crippen LogP contribution in [0.3, 0.4) is 0 Å². The predicted molar refractivity (Wildman–Crippen MR) is 69.0 cm³/mol.